The molecule has 0 saturated heterocycles. The van der Waals surface area contributed by atoms with Gasteiger partial charge in [0.1, 0.15) is 6.33 Å². The van der Waals surface area contributed by atoms with Gasteiger partial charge in [0.25, 0.3) is 0 Å². The number of hydrogen-bond donors (Lipinski definition) is 0. The van der Waals surface area contributed by atoms with E-state index in [0.29, 0.717) is 6.04 Å². The zero-order valence-corrected chi connectivity index (χ0v) is 12.6. The maximum absolute atomic E-state index is 11.8. The Hall–Kier alpha value is -2.97. The summed E-state index contributed by atoms with van der Waals surface area (Å²) in [5.74, 6) is -0.405. The van der Waals surface area contributed by atoms with Crippen LogP contribution in [0.2, 0.25) is 0 Å². The Morgan fingerprint density at radius 3 is 2.70 bits per heavy atom. The lowest BCUT2D eigenvalue weighted by Crippen LogP contribution is -2.05. The van der Waals surface area contributed by atoms with Crippen LogP contribution < -0.4 is 4.74 Å². The zero-order valence-electron chi connectivity index (χ0n) is 12.6. The number of nitrogens with zero attached hydrogens (tertiary/aromatic N) is 4. The summed E-state index contributed by atoms with van der Waals surface area (Å²) in [6.07, 6.45) is 3.63. The molecule has 0 atom stereocenters. The van der Waals surface area contributed by atoms with Crippen LogP contribution in [0.1, 0.15) is 29.2 Å². The highest BCUT2D eigenvalue weighted by Gasteiger charge is 2.28. The van der Waals surface area contributed by atoms with Crippen molar-refractivity contribution in [3.05, 3.63) is 34.1 Å². The molecule has 0 unspecified atom stereocenters. The Morgan fingerprint density at radius 2 is 2.13 bits per heavy atom. The maximum atomic E-state index is 11.8. The van der Waals surface area contributed by atoms with Gasteiger partial charge in [0, 0.05) is 6.07 Å². The second-order valence-electron chi connectivity index (χ2n) is 5.10. The second-order valence-corrected chi connectivity index (χ2v) is 5.10. The van der Waals surface area contributed by atoms with Crippen molar-refractivity contribution in [3.63, 3.8) is 0 Å². The number of nitro groups is 1. The van der Waals surface area contributed by atoms with Gasteiger partial charge in [-0.3, -0.25) is 10.1 Å². The average Bonchev–Trinajstić information content (AvgIpc) is 3.30. The molecule has 1 aliphatic carbocycles. The number of benzene rings is 1. The van der Waals surface area contributed by atoms with Crippen molar-refractivity contribution in [2.75, 3.05) is 14.2 Å². The minimum atomic E-state index is -0.682. The molecular weight excluding hydrogens is 304 g/mol. The van der Waals surface area contributed by atoms with Gasteiger partial charge in [-0.2, -0.15) is 5.10 Å². The number of ether oxygens (including phenoxy) is 2. The molecular formula is C14H14N4O5. The van der Waals surface area contributed by atoms with E-state index in [1.165, 1.54) is 20.3 Å². The largest absolute Gasteiger partial charge is 0.490 e. The number of rotatable bonds is 5. The van der Waals surface area contributed by atoms with Crippen molar-refractivity contribution in [2.45, 2.75) is 18.9 Å². The molecule has 0 N–H and O–H groups in total. The number of hydrogen-bond acceptors (Lipinski definition) is 7. The molecule has 0 radical (unpaired) electrons. The van der Waals surface area contributed by atoms with Crippen molar-refractivity contribution in [2.24, 2.45) is 0 Å². The summed E-state index contributed by atoms with van der Waals surface area (Å²) in [4.78, 5) is 26.6. The number of aromatic nitrogens is 3. The molecule has 9 heteroatoms. The summed E-state index contributed by atoms with van der Waals surface area (Å²) in [5.41, 5.74) is -0.0209. The van der Waals surface area contributed by atoms with Gasteiger partial charge in [0.2, 0.25) is 5.75 Å². The normalized spacial score (nSPS) is 13.7. The molecule has 0 spiro atoms. The molecule has 1 aromatic carbocycles. The van der Waals surface area contributed by atoms with Crippen molar-refractivity contribution >= 4 is 11.7 Å². The number of carbonyl (C=O) groups excluding carboxylic acids is 1. The number of methoxy groups -OCH3 is 2. The van der Waals surface area contributed by atoms with E-state index in [1.54, 1.807) is 11.0 Å². The predicted molar refractivity (Wildman–Crippen MR) is 78.3 cm³/mol. The molecule has 1 aliphatic rings. The number of nitro benzene ring substituents is 1. The second kappa shape index (κ2) is 5.67. The molecule has 9 nitrogen and oxygen atoms in total. The predicted octanol–water partition coefficient (Wildman–Crippen LogP) is 1.98. The van der Waals surface area contributed by atoms with Crippen LogP contribution in [0.5, 0.6) is 5.75 Å². The van der Waals surface area contributed by atoms with Crippen molar-refractivity contribution < 1.29 is 19.2 Å². The number of esters is 1. The van der Waals surface area contributed by atoms with Gasteiger partial charge in [0.15, 0.2) is 5.82 Å². The lowest BCUT2D eigenvalue weighted by molar-refractivity contribution is -0.385. The summed E-state index contributed by atoms with van der Waals surface area (Å²) in [6.45, 7) is 0. The van der Waals surface area contributed by atoms with E-state index in [0.717, 1.165) is 18.9 Å². The summed E-state index contributed by atoms with van der Waals surface area (Å²) < 4.78 is 11.5. The van der Waals surface area contributed by atoms with Crippen LogP contribution in [0.4, 0.5) is 5.69 Å². The molecule has 120 valence electrons. The van der Waals surface area contributed by atoms with Gasteiger partial charge < -0.3 is 9.47 Å². The highest BCUT2D eigenvalue weighted by molar-refractivity contribution is 5.93. The third kappa shape index (κ3) is 2.72. The first-order chi connectivity index (χ1) is 11.0. The van der Waals surface area contributed by atoms with Crippen LogP contribution in [0, 0.1) is 10.1 Å². The molecule has 1 fully saturated rings. The lowest BCUT2D eigenvalue weighted by Gasteiger charge is -2.08. The summed E-state index contributed by atoms with van der Waals surface area (Å²) in [6, 6.07) is 2.87. The Balaban J connectivity index is 2.16. The minimum absolute atomic E-state index is 0.0104. The fourth-order valence-electron chi connectivity index (χ4n) is 2.28. The van der Waals surface area contributed by atoms with Gasteiger partial charge in [0.05, 0.1) is 36.3 Å². The quantitative estimate of drug-likeness (QED) is 0.471. The van der Waals surface area contributed by atoms with Gasteiger partial charge in [-0.05, 0) is 18.9 Å². The molecule has 2 aromatic rings. The van der Waals surface area contributed by atoms with Crippen molar-refractivity contribution in [1.82, 2.24) is 14.8 Å². The van der Waals surface area contributed by atoms with Crippen molar-refractivity contribution in [1.29, 1.82) is 0 Å². The Labute approximate surface area is 131 Å². The molecule has 1 aromatic heterocycles. The highest BCUT2D eigenvalue weighted by atomic mass is 16.6. The van der Waals surface area contributed by atoms with Gasteiger partial charge in [-0.25, -0.2) is 14.5 Å². The smallest absolute Gasteiger partial charge is 0.338 e. The lowest BCUT2D eigenvalue weighted by atomic mass is 10.1. The first kappa shape index (κ1) is 14.9. The third-order valence-electron chi connectivity index (χ3n) is 3.56. The monoisotopic (exact) mass is 318 g/mol. The summed E-state index contributed by atoms with van der Waals surface area (Å²) in [5, 5.41) is 15.6. The van der Waals surface area contributed by atoms with E-state index in [9.17, 15) is 14.9 Å². The molecule has 3 rings (SSSR count). The van der Waals surface area contributed by atoms with Crippen LogP contribution in [0.25, 0.3) is 11.4 Å². The molecule has 0 aliphatic heterocycles. The summed E-state index contributed by atoms with van der Waals surface area (Å²) >= 11 is 0. The fraction of sp³-hybridized carbons (Fsp3) is 0.357. The van der Waals surface area contributed by atoms with Gasteiger partial charge >= 0.3 is 11.7 Å². The Bertz CT molecular complexity index is 781. The van der Waals surface area contributed by atoms with Crippen molar-refractivity contribution in [3.8, 4) is 17.1 Å². The molecule has 1 saturated carbocycles. The van der Waals surface area contributed by atoms with E-state index < -0.39 is 10.9 Å². The van der Waals surface area contributed by atoms with Crippen LogP contribution in [0.3, 0.4) is 0 Å². The maximum Gasteiger partial charge on any atom is 0.338 e. The molecule has 0 amide bonds. The molecule has 1 heterocycles. The minimum Gasteiger partial charge on any atom is -0.490 e. The Kier molecular flexibility index (Phi) is 3.68. The van der Waals surface area contributed by atoms with E-state index in [2.05, 4.69) is 14.8 Å². The van der Waals surface area contributed by atoms with Gasteiger partial charge in [-0.1, -0.05) is 0 Å². The van der Waals surface area contributed by atoms with E-state index in [4.69, 9.17) is 4.74 Å². The first-order valence-electron chi connectivity index (χ1n) is 6.91. The van der Waals surface area contributed by atoms with Crippen LogP contribution in [-0.4, -0.2) is 39.9 Å². The fourth-order valence-corrected chi connectivity index (χ4v) is 2.28. The summed E-state index contributed by atoms with van der Waals surface area (Å²) in [7, 11) is 2.53. The molecule has 0 bridgehead atoms. The average molecular weight is 318 g/mol. The Morgan fingerprint density at radius 1 is 1.39 bits per heavy atom. The first-order valence-corrected chi connectivity index (χ1v) is 6.91. The van der Waals surface area contributed by atoms with E-state index >= 15 is 0 Å². The zero-order chi connectivity index (χ0) is 16.6. The van der Waals surface area contributed by atoms with Crippen LogP contribution >= 0.6 is 0 Å². The SMILES string of the molecule is COC(=O)c1cc(-c2ncn(C3CC3)n2)c(OC)c([N+](=O)[O-])c1. The third-order valence-corrected chi connectivity index (χ3v) is 3.56. The number of carbonyl (C=O) groups is 1. The molecule has 23 heavy (non-hydrogen) atoms. The highest BCUT2D eigenvalue weighted by Crippen LogP contribution is 2.39. The topological polar surface area (TPSA) is 109 Å². The van der Waals surface area contributed by atoms with Gasteiger partial charge in [-0.15, -0.1) is 0 Å². The van der Waals surface area contributed by atoms with Crippen LogP contribution in [-0.2, 0) is 4.74 Å². The van der Waals surface area contributed by atoms with E-state index in [-0.39, 0.29) is 28.4 Å². The van der Waals surface area contributed by atoms with E-state index in [1.807, 2.05) is 0 Å². The van der Waals surface area contributed by atoms with Crippen LogP contribution in [0.15, 0.2) is 18.5 Å². The standard InChI is InChI=1S/C14H14N4O5/c1-22-12-10(13-15-7-17(16-13)9-3-4-9)5-8(14(19)23-2)6-11(12)18(20)21/h5-7,9H,3-4H2,1-2H3.